The number of ether oxygens (including phenoxy) is 1. The summed E-state index contributed by atoms with van der Waals surface area (Å²) < 4.78 is 6.60. The molecule has 0 spiro atoms. The first-order valence-corrected chi connectivity index (χ1v) is 9.14. The second-order valence-corrected chi connectivity index (χ2v) is 7.58. The molecule has 0 saturated heterocycles. The number of carbonyl (C=O) groups is 1. The van der Waals surface area contributed by atoms with Crippen molar-refractivity contribution < 1.29 is 9.53 Å². The van der Waals surface area contributed by atoms with Crippen LogP contribution in [0.25, 0.3) is 27.3 Å². The summed E-state index contributed by atoms with van der Waals surface area (Å²) in [5.74, 6) is -0.176. The van der Waals surface area contributed by atoms with Crippen molar-refractivity contribution >= 4 is 33.3 Å². The summed E-state index contributed by atoms with van der Waals surface area (Å²) in [6, 6.07) is 0. The second kappa shape index (κ2) is 5.91. The molecule has 4 aromatic rings. The van der Waals surface area contributed by atoms with Crippen LogP contribution < -0.4 is 0 Å². The van der Waals surface area contributed by atoms with Crippen molar-refractivity contribution in [1.29, 1.82) is 0 Å². The zero-order chi connectivity index (χ0) is 18.6. The number of aromatic nitrogens is 5. The number of H-pyrrole nitrogens is 1. The molecule has 0 unspecified atom stereocenters. The fourth-order valence-electron chi connectivity index (χ4n) is 3.29. The van der Waals surface area contributed by atoms with Gasteiger partial charge in [-0.3, -0.25) is 0 Å². The maximum absolute atomic E-state index is 11.8. The van der Waals surface area contributed by atoms with Crippen LogP contribution in [-0.2, 0) is 4.74 Å². The minimum Gasteiger partial charge on any atom is -0.464 e. The van der Waals surface area contributed by atoms with E-state index in [4.69, 9.17) is 4.74 Å². The molecule has 7 nitrogen and oxygen atoms in total. The molecule has 26 heavy (non-hydrogen) atoms. The Kier molecular flexibility index (Phi) is 3.80. The molecule has 0 aromatic carbocycles. The molecule has 8 heteroatoms. The van der Waals surface area contributed by atoms with Crippen molar-refractivity contribution in [2.45, 2.75) is 33.6 Å². The van der Waals surface area contributed by atoms with Gasteiger partial charge in [0, 0.05) is 17.3 Å². The highest BCUT2D eigenvalue weighted by Gasteiger charge is 2.24. The fourth-order valence-corrected chi connectivity index (χ4v) is 4.19. The van der Waals surface area contributed by atoms with Crippen LogP contribution in [0.2, 0.25) is 0 Å². The van der Waals surface area contributed by atoms with Crippen molar-refractivity contribution in [3.8, 4) is 11.3 Å². The summed E-state index contributed by atoms with van der Waals surface area (Å²) in [7, 11) is 1.37. The molecule has 0 fully saturated rings. The van der Waals surface area contributed by atoms with Gasteiger partial charge >= 0.3 is 5.97 Å². The number of methoxy groups -OCH3 is 1. The number of esters is 1. The zero-order valence-electron chi connectivity index (χ0n) is 15.2. The van der Waals surface area contributed by atoms with Crippen LogP contribution in [0.15, 0.2) is 12.5 Å². The SMILES string of the molecule is COC(=O)c1nc2c(C(C)C)c(-c3cn4ncnc4c(C)c3C)[nH]c2s1. The number of aryl methyl sites for hydroxylation is 1. The average molecular weight is 369 g/mol. The Morgan fingerprint density at radius 1 is 1.31 bits per heavy atom. The summed E-state index contributed by atoms with van der Waals surface area (Å²) in [5, 5.41) is 4.65. The van der Waals surface area contributed by atoms with Crippen LogP contribution >= 0.6 is 11.3 Å². The van der Waals surface area contributed by atoms with Gasteiger partial charge in [-0.2, -0.15) is 5.10 Å². The Morgan fingerprint density at radius 3 is 2.77 bits per heavy atom. The van der Waals surface area contributed by atoms with E-state index in [-0.39, 0.29) is 5.92 Å². The lowest BCUT2D eigenvalue weighted by Crippen LogP contribution is -2.01. The number of aromatic amines is 1. The van der Waals surface area contributed by atoms with Gasteiger partial charge < -0.3 is 9.72 Å². The molecule has 0 aliphatic heterocycles. The van der Waals surface area contributed by atoms with E-state index in [1.165, 1.54) is 18.4 Å². The number of hydrogen-bond acceptors (Lipinski definition) is 6. The van der Waals surface area contributed by atoms with Crippen LogP contribution in [0.1, 0.15) is 46.3 Å². The maximum Gasteiger partial charge on any atom is 0.367 e. The Balaban J connectivity index is 2.00. The molecule has 0 atom stereocenters. The van der Waals surface area contributed by atoms with Crippen LogP contribution in [0.5, 0.6) is 0 Å². The molecule has 134 valence electrons. The van der Waals surface area contributed by atoms with Gasteiger partial charge in [-0.1, -0.05) is 25.2 Å². The van der Waals surface area contributed by atoms with Crippen LogP contribution in [-0.4, -0.2) is 37.6 Å². The van der Waals surface area contributed by atoms with Gasteiger partial charge in [-0.15, -0.1) is 0 Å². The molecular weight excluding hydrogens is 350 g/mol. The Bertz CT molecular complexity index is 1150. The van der Waals surface area contributed by atoms with Crippen molar-refractivity contribution in [2.75, 3.05) is 7.11 Å². The van der Waals surface area contributed by atoms with Crippen molar-refractivity contribution in [3.05, 3.63) is 34.2 Å². The van der Waals surface area contributed by atoms with E-state index in [2.05, 4.69) is 47.7 Å². The third-order valence-electron chi connectivity index (χ3n) is 4.72. The van der Waals surface area contributed by atoms with Gasteiger partial charge in [0.1, 0.15) is 16.7 Å². The van der Waals surface area contributed by atoms with Crippen LogP contribution in [0.3, 0.4) is 0 Å². The van der Waals surface area contributed by atoms with E-state index >= 15 is 0 Å². The normalized spacial score (nSPS) is 11.8. The monoisotopic (exact) mass is 369 g/mol. The predicted octanol–water partition coefficient (Wildman–Crippen LogP) is 3.86. The highest BCUT2D eigenvalue weighted by Crippen LogP contribution is 2.39. The lowest BCUT2D eigenvalue weighted by Gasteiger charge is -2.13. The number of nitrogens with zero attached hydrogens (tertiary/aromatic N) is 4. The number of nitrogens with one attached hydrogen (secondary N) is 1. The molecule has 0 bridgehead atoms. The Labute approximate surface area is 154 Å². The van der Waals surface area contributed by atoms with Crippen molar-refractivity contribution in [1.82, 2.24) is 24.6 Å². The van der Waals surface area contributed by atoms with Crippen molar-refractivity contribution in [3.63, 3.8) is 0 Å². The van der Waals surface area contributed by atoms with E-state index in [0.29, 0.717) is 5.01 Å². The average Bonchev–Trinajstić information content (AvgIpc) is 3.30. The number of fused-ring (bicyclic) bond motifs is 2. The van der Waals surface area contributed by atoms with Gasteiger partial charge in [0.2, 0.25) is 5.01 Å². The third kappa shape index (κ3) is 2.33. The minimum absolute atomic E-state index is 0.234. The lowest BCUT2D eigenvalue weighted by molar-refractivity contribution is 0.0600. The second-order valence-electron chi connectivity index (χ2n) is 6.58. The summed E-state index contributed by atoms with van der Waals surface area (Å²) >= 11 is 1.32. The summed E-state index contributed by atoms with van der Waals surface area (Å²) in [6.45, 7) is 8.39. The fraction of sp³-hybridized carbons (Fsp3) is 0.333. The van der Waals surface area contributed by atoms with Gasteiger partial charge in [0.15, 0.2) is 5.65 Å². The maximum atomic E-state index is 11.8. The Hall–Kier alpha value is -2.74. The van der Waals surface area contributed by atoms with Gasteiger partial charge in [0.05, 0.1) is 12.8 Å². The molecule has 0 saturated carbocycles. The van der Waals surface area contributed by atoms with E-state index in [9.17, 15) is 4.79 Å². The molecular formula is C18H19N5O2S. The van der Waals surface area contributed by atoms with E-state index < -0.39 is 5.97 Å². The number of hydrogen-bond donors (Lipinski definition) is 1. The molecule has 0 aliphatic rings. The van der Waals surface area contributed by atoms with Crippen molar-refractivity contribution in [2.24, 2.45) is 0 Å². The highest BCUT2D eigenvalue weighted by molar-refractivity contribution is 7.19. The van der Waals surface area contributed by atoms with Gasteiger partial charge in [0.25, 0.3) is 0 Å². The summed E-state index contributed by atoms with van der Waals surface area (Å²) in [5.41, 5.74) is 7.10. The third-order valence-corrected chi connectivity index (χ3v) is 5.67. The lowest BCUT2D eigenvalue weighted by atomic mass is 9.96. The highest BCUT2D eigenvalue weighted by atomic mass is 32.1. The topological polar surface area (TPSA) is 85.2 Å². The van der Waals surface area contributed by atoms with Crippen LogP contribution in [0.4, 0.5) is 0 Å². The number of rotatable bonds is 3. The minimum atomic E-state index is -0.410. The first-order valence-electron chi connectivity index (χ1n) is 8.33. The largest absolute Gasteiger partial charge is 0.464 e. The molecule has 0 amide bonds. The van der Waals surface area contributed by atoms with E-state index in [1.807, 2.05) is 6.20 Å². The van der Waals surface area contributed by atoms with Gasteiger partial charge in [-0.25, -0.2) is 19.3 Å². The zero-order valence-corrected chi connectivity index (χ0v) is 16.1. The standard InChI is InChI=1S/C18H19N5O2S/c1-8(2)12-13(21-16-14(12)22-17(26-16)18(24)25-5)11-6-23-15(19-7-20-23)10(4)9(11)3/h6-8,21H,1-5H3. The summed E-state index contributed by atoms with van der Waals surface area (Å²) in [4.78, 5) is 25.0. The molecule has 4 aromatic heterocycles. The van der Waals surface area contributed by atoms with E-state index in [0.717, 1.165) is 43.9 Å². The van der Waals surface area contributed by atoms with E-state index in [1.54, 1.807) is 10.8 Å². The molecule has 0 aliphatic carbocycles. The molecule has 0 radical (unpaired) electrons. The predicted molar refractivity (Wildman–Crippen MR) is 101 cm³/mol. The smallest absolute Gasteiger partial charge is 0.367 e. The molecule has 4 rings (SSSR count). The number of carbonyl (C=O) groups excluding carboxylic acids is 1. The summed E-state index contributed by atoms with van der Waals surface area (Å²) in [6.07, 6.45) is 3.56. The van der Waals surface area contributed by atoms with Gasteiger partial charge in [-0.05, 0) is 30.9 Å². The van der Waals surface area contributed by atoms with Crippen LogP contribution in [0, 0.1) is 13.8 Å². The quantitative estimate of drug-likeness (QED) is 0.554. The molecule has 1 N–H and O–H groups in total. The molecule has 4 heterocycles. The first-order chi connectivity index (χ1) is 12.4. The number of pyridine rings is 1. The Morgan fingerprint density at radius 2 is 2.08 bits per heavy atom. The first kappa shape index (κ1) is 16.7. The number of thiazole rings is 1.